The Hall–Kier alpha value is -2.78. The molecule has 0 saturated carbocycles. The summed E-state index contributed by atoms with van der Waals surface area (Å²) in [6.07, 6.45) is 11.3. The number of piperidine rings is 2. The minimum absolute atomic E-state index is 0.106. The first kappa shape index (κ1) is 23.0. The van der Waals surface area contributed by atoms with E-state index < -0.39 is 0 Å². The Morgan fingerprint density at radius 1 is 1.03 bits per heavy atom. The van der Waals surface area contributed by atoms with Crippen LogP contribution in [0.1, 0.15) is 46.0 Å². The molecule has 2 aromatic heterocycles. The van der Waals surface area contributed by atoms with Gasteiger partial charge in [-0.25, -0.2) is 4.98 Å². The highest BCUT2D eigenvalue weighted by atomic mass is 32.2. The third-order valence-corrected chi connectivity index (χ3v) is 7.92. The zero-order chi connectivity index (χ0) is 23.9. The molecule has 2 fully saturated rings. The first-order chi connectivity index (χ1) is 16.3. The number of rotatable bonds is 5. The van der Waals surface area contributed by atoms with Crippen molar-refractivity contribution < 1.29 is 5.11 Å². The van der Waals surface area contributed by atoms with Crippen LogP contribution in [0.15, 0.2) is 41.7 Å². The molecule has 0 spiro atoms. The average molecular weight is 478 g/mol. The van der Waals surface area contributed by atoms with E-state index in [1.54, 1.807) is 18.5 Å². The molecule has 5 rings (SSSR count). The van der Waals surface area contributed by atoms with E-state index in [0.29, 0.717) is 17.4 Å². The van der Waals surface area contributed by atoms with Crippen LogP contribution in [-0.2, 0) is 0 Å². The van der Waals surface area contributed by atoms with E-state index in [4.69, 9.17) is 0 Å². The number of anilines is 1. The summed E-state index contributed by atoms with van der Waals surface area (Å²) in [5.41, 5.74) is 2.63. The quantitative estimate of drug-likeness (QED) is 0.521. The first-order valence-corrected chi connectivity index (χ1v) is 12.9. The van der Waals surface area contributed by atoms with Crippen LogP contribution < -0.4 is 10.2 Å². The number of thioether (sulfide) groups is 1. The molecule has 0 aliphatic carbocycles. The molecule has 2 aliphatic rings. The van der Waals surface area contributed by atoms with Crippen molar-refractivity contribution in [3.8, 4) is 28.3 Å². The van der Waals surface area contributed by atoms with Gasteiger partial charge in [-0.1, -0.05) is 6.07 Å². The lowest BCUT2D eigenvalue weighted by molar-refractivity contribution is 0.0784. The van der Waals surface area contributed by atoms with Gasteiger partial charge >= 0.3 is 0 Å². The maximum Gasteiger partial charge on any atom is 0.185 e. The minimum atomic E-state index is 0.106. The van der Waals surface area contributed by atoms with Gasteiger partial charge in [0.25, 0.3) is 0 Å². The molecule has 2 bridgehead atoms. The maximum absolute atomic E-state index is 10.7. The number of nitrogens with one attached hydrogen (secondary N) is 1. The summed E-state index contributed by atoms with van der Waals surface area (Å²) in [5.74, 6) is 1.26. The van der Waals surface area contributed by atoms with Gasteiger partial charge in [0.1, 0.15) is 10.8 Å². The Morgan fingerprint density at radius 3 is 2.44 bits per heavy atom. The van der Waals surface area contributed by atoms with Gasteiger partial charge in [-0.05, 0) is 76.0 Å². The fourth-order valence-electron chi connectivity index (χ4n) is 5.66. The predicted molar refractivity (Wildman–Crippen MR) is 135 cm³/mol. The van der Waals surface area contributed by atoms with Gasteiger partial charge in [-0.15, -0.1) is 27.1 Å². The van der Waals surface area contributed by atoms with Crippen molar-refractivity contribution in [2.24, 2.45) is 0 Å². The van der Waals surface area contributed by atoms with Gasteiger partial charge in [0.2, 0.25) is 0 Å². The van der Waals surface area contributed by atoms with Crippen LogP contribution in [0.5, 0.6) is 5.75 Å². The van der Waals surface area contributed by atoms with Crippen LogP contribution in [0.4, 0.5) is 5.82 Å². The lowest BCUT2D eigenvalue weighted by Gasteiger charge is -2.55. The van der Waals surface area contributed by atoms with Crippen molar-refractivity contribution in [3.05, 3.63) is 36.7 Å². The number of fused-ring (bicyclic) bond motifs is 2. The summed E-state index contributed by atoms with van der Waals surface area (Å²) in [4.78, 5) is 6.76. The second kappa shape index (κ2) is 8.78. The molecule has 0 unspecified atom stereocenters. The van der Waals surface area contributed by atoms with Crippen LogP contribution >= 0.6 is 11.8 Å². The molecule has 0 radical (unpaired) electrons. The molecule has 4 heterocycles. The molecule has 0 amide bonds. The van der Waals surface area contributed by atoms with Crippen molar-refractivity contribution in [1.82, 2.24) is 30.7 Å². The van der Waals surface area contributed by atoms with E-state index in [-0.39, 0.29) is 16.8 Å². The summed E-state index contributed by atoms with van der Waals surface area (Å²) >= 11 is 1.53. The number of hydrogen-bond donors (Lipinski definition) is 2. The molecular weight excluding hydrogens is 446 g/mol. The SMILES string of the molecule is CSc1cc(-c2ccc(-c3ncc(N(C)[C@H]4C[C@]5(C)CCC[C@](C)(C4)N5)nn3)c(O)c2)cnn1. The third-order valence-electron chi connectivity index (χ3n) is 7.30. The van der Waals surface area contributed by atoms with E-state index >= 15 is 0 Å². The highest BCUT2D eigenvalue weighted by Crippen LogP contribution is 2.41. The molecule has 2 N–H and O–H groups in total. The molecule has 178 valence electrons. The Labute approximate surface area is 204 Å². The zero-order valence-corrected chi connectivity index (χ0v) is 20.9. The summed E-state index contributed by atoms with van der Waals surface area (Å²) in [6, 6.07) is 7.78. The summed E-state index contributed by atoms with van der Waals surface area (Å²) in [6.45, 7) is 4.68. The second-order valence-corrected chi connectivity index (χ2v) is 11.0. The molecule has 2 saturated heterocycles. The third kappa shape index (κ3) is 4.46. The normalized spacial score (nSPS) is 26.3. The monoisotopic (exact) mass is 477 g/mol. The van der Waals surface area contributed by atoms with Gasteiger partial charge in [-0.3, -0.25) is 0 Å². The largest absolute Gasteiger partial charge is 0.507 e. The minimum Gasteiger partial charge on any atom is -0.507 e. The average Bonchev–Trinajstić information content (AvgIpc) is 2.82. The van der Waals surface area contributed by atoms with Crippen LogP contribution in [0.2, 0.25) is 0 Å². The Morgan fingerprint density at radius 2 is 1.79 bits per heavy atom. The first-order valence-electron chi connectivity index (χ1n) is 11.7. The van der Waals surface area contributed by atoms with Gasteiger partial charge in [0.15, 0.2) is 11.6 Å². The molecule has 3 aromatic rings. The maximum atomic E-state index is 10.7. The summed E-state index contributed by atoms with van der Waals surface area (Å²) in [5, 5.41) is 32.3. The summed E-state index contributed by atoms with van der Waals surface area (Å²) in [7, 11) is 2.08. The van der Waals surface area contributed by atoms with Crippen LogP contribution in [0.3, 0.4) is 0 Å². The smallest absolute Gasteiger partial charge is 0.185 e. The Kier molecular flexibility index (Phi) is 5.93. The van der Waals surface area contributed by atoms with Crippen LogP contribution in [-0.4, -0.2) is 60.9 Å². The van der Waals surface area contributed by atoms with Crippen molar-refractivity contribution in [2.45, 2.75) is 68.1 Å². The van der Waals surface area contributed by atoms with Crippen LogP contribution in [0, 0.1) is 0 Å². The van der Waals surface area contributed by atoms with Crippen LogP contribution in [0.25, 0.3) is 22.5 Å². The number of benzene rings is 1. The van der Waals surface area contributed by atoms with Gasteiger partial charge in [0, 0.05) is 29.7 Å². The van der Waals surface area contributed by atoms with E-state index in [0.717, 1.165) is 34.8 Å². The predicted octanol–water partition coefficient (Wildman–Crippen LogP) is 4.31. The Balaban J connectivity index is 1.35. The van der Waals surface area contributed by atoms with E-state index in [2.05, 4.69) is 56.5 Å². The fourth-order valence-corrected chi connectivity index (χ4v) is 6.03. The van der Waals surface area contributed by atoms with Gasteiger partial charge in [-0.2, -0.15) is 5.10 Å². The lowest BCUT2D eigenvalue weighted by atomic mass is 9.69. The topological polar surface area (TPSA) is 100.0 Å². The highest BCUT2D eigenvalue weighted by molar-refractivity contribution is 7.98. The number of aromatic hydroxyl groups is 1. The number of phenols is 1. The van der Waals surface area contributed by atoms with Crippen molar-refractivity contribution in [3.63, 3.8) is 0 Å². The molecule has 2 aliphatic heterocycles. The van der Waals surface area contributed by atoms with E-state index in [1.807, 2.05) is 24.5 Å². The molecule has 3 atom stereocenters. The van der Waals surface area contributed by atoms with E-state index in [9.17, 15) is 5.11 Å². The molecule has 1 aromatic carbocycles. The number of phenolic OH excluding ortho intramolecular Hbond substituents is 1. The molecule has 8 nitrogen and oxygen atoms in total. The summed E-state index contributed by atoms with van der Waals surface area (Å²) < 4.78 is 0. The standard InChI is InChI=1S/C25H31N7OS/c1-24-8-5-9-25(2,31-24)13-18(12-24)32(3)21-15-26-23(30-28-21)19-7-6-16(10-20(19)33)17-11-22(34-4)29-27-14-17/h6-7,10-11,14-15,18,31,33H,5,8-9,12-13H2,1-4H3/t18-,24-,25+. The van der Waals surface area contributed by atoms with Gasteiger partial charge in [0.05, 0.1) is 18.0 Å². The number of nitrogens with zero attached hydrogens (tertiary/aromatic N) is 6. The van der Waals surface area contributed by atoms with Crippen molar-refractivity contribution in [1.29, 1.82) is 0 Å². The Bertz CT molecular complexity index is 1170. The number of hydrogen-bond acceptors (Lipinski definition) is 9. The zero-order valence-electron chi connectivity index (χ0n) is 20.1. The lowest BCUT2D eigenvalue weighted by Crippen LogP contribution is -2.66. The second-order valence-electron chi connectivity index (χ2n) is 10.1. The van der Waals surface area contributed by atoms with E-state index in [1.165, 1.54) is 31.0 Å². The van der Waals surface area contributed by atoms with Gasteiger partial charge < -0.3 is 15.3 Å². The molecule has 9 heteroatoms. The fraction of sp³-hybridized carbons (Fsp3) is 0.480. The van der Waals surface area contributed by atoms with Crippen molar-refractivity contribution >= 4 is 17.6 Å². The number of aromatic nitrogens is 5. The highest BCUT2D eigenvalue weighted by Gasteiger charge is 2.46. The molecular formula is C25H31N7OS. The van der Waals surface area contributed by atoms with Crippen molar-refractivity contribution in [2.75, 3.05) is 18.2 Å². The molecule has 34 heavy (non-hydrogen) atoms.